The fraction of sp³-hybridized carbons (Fsp3) is 0.200. The van der Waals surface area contributed by atoms with Gasteiger partial charge in [-0.05, 0) is 36.4 Å². The quantitative estimate of drug-likeness (QED) is 0.839. The van der Waals surface area contributed by atoms with Crippen molar-refractivity contribution < 1.29 is 31.1 Å². The van der Waals surface area contributed by atoms with Crippen LogP contribution in [-0.2, 0) is 16.6 Å². The Balaban J connectivity index is 1.96. The molecule has 25 heavy (non-hydrogen) atoms. The first-order valence-electron chi connectivity index (χ1n) is 6.89. The van der Waals surface area contributed by atoms with Crippen LogP contribution < -0.4 is 9.46 Å². The molecule has 0 atom stereocenters. The van der Waals surface area contributed by atoms with E-state index < -0.39 is 27.9 Å². The van der Waals surface area contributed by atoms with Crippen LogP contribution in [0.2, 0.25) is 0 Å². The molecule has 0 saturated carbocycles. The molecule has 1 heterocycles. The number of hydrogen-bond donors (Lipinski definition) is 1. The number of alkyl halides is 3. The molecule has 134 valence electrons. The monoisotopic (exact) mass is 374 g/mol. The average molecular weight is 374 g/mol. The van der Waals surface area contributed by atoms with Gasteiger partial charge in [0.15, 0.2) is 5.75 Å². The fourth-order valence-electron chi connectivity index (χ4n) is 1.80. The second kappa shape index (κ2) is 7.51. The van der Waals surface area contributed by atoms with Crippen molar-refractivity contribution >= 4 is 15.9 Å². The number of hydrogen-bond acceptors (Lipinski definition) is 5. The Morgan fingerprint density at radius 3 is 2.36 bits per heavy atom. The van der Waals surface area contributed by atoms with E-state index in [1.165, 1.54) is 29.0 Å². The maximum absolute atomic E-state index is 12.1. The van der Waals surface area contributed by atoms with Crippen molar-refractivity contribution in [2.45, 2.75) is 12.8 Å². The molecular formula is C15H13F3N2O4S. The SMILES string of the molecule is O=C(NS(=O)(=O)CC(F)(F)F)c1ccc(OCc2ccccn2)cc1. The van der Waals surface area contributed by atoms with E-state index >= 15 is 0 Å². The highest BCUT2D eigenvalue weighted by Gasteiger charge is 2.36. The minimum absolute atomic E-state index is 0.115. The number of nitrogens with one attached hydrogen (secondary N) is 1. The molecule has 1 amide bonds. The Bertz CT molecular complexity index is 822. The molecule has 0 aliphatic carbocycles. The van der Waals surface area contributed by atoms with Gasteiger partial charge in [-0.2, -0.15) is 13.2 Å². The number of amides is 1. The Morgan fingerprint density at radius 1 is 1.12 bits per heavy atom. The first-order valence-corrected chi connectivity index (χ1v) is 8.54. The lowest BCUT2D eigenvalue weighted by atomic mass is 10.2. The summed E-state index contributed by atoms with van der Waals surface area (Å²) in [5.41, 5.74) is 0.568. The third-order valence-corrected chi connectivity index (χ3v) is 4.04. The first kappa shape index (κ1) is 18.7. The fourth-order valence-corrected chi connectivity index (χ4v) is 2.70. The van der Waals surface area contributed by atoms with Gasteiger partial charge in [0.05, 0.1) is 5.69 Å². The average Bonchev–Trinajstić information content (AvgIpc) is 2.51. The van der Waals surface area contributed by atoms with Gasteiger partial charge in [0, 0.05) is 11.8 Å². The molecule has 0 aliphatic rings. The van der Waals surface area contributed by atoms with Crippen molar-refractivity contribution in [3.05, 3.63) is 59.9 Å². The van der Waals surface area contributed by atoms with Crippen molar-refractivity contribution in [2.24, 2.45) is 0 Å². The Morgan fingerprint density at radius 2 is 1.80 bits per heavy atom. The van der Waals surface area contributed by atoms with Gasteiger partial charge in [-0.1, -0.05) is 6.07 Å². The highest BCUT2D eigenvalue weighted by Crippen LogP contribution is 2.17. The molecule has 1 N–H and O–H groups in total. The molecule has 1 aromatic carbocycles. The van der Waals surface area contributed by atoms with Crippen LogP contribution in [0.5, 0.6) is 5.75 Å². The maximum Gasteiger partial charge on any atom is 0.404 e. The van der Waals surface area contributed by atoms with E-state index in [1.54, 1.807) is 24.4 Å². The number of pyridine rings is 1. The molecule has 0 unspecified atom stereocenters. The number of aromatic nitrogens is 1. The van der Waals surface area contributed by atoms with Crippen molar-refractivity contribution in [2.75, 3.05) is 5.75 Å². The van der Waals surface area contributed by atoms with Crippen LogP contribution in [0.4, 0.5) is 13.2 Å². The molecule has 10 heteroatoms. The zero-order valence-electron chi connectivity index (χ0n) is 12.7. The van der Waals surface area contributed by atoms with Crippen molar-refractivity contribution in [1.82, 2.24) is 9.71 Å². The van der Waals surface area contributed by atoms with E-state index in [2.05, 4.69) is 4.98 Å². The van der Waals surface area contributed by atoms with Crippen molar-refractivity contribution in [3.63, 3.8) is 0 Å². The predicted molar refractivity (Wildman–Crippen MR) is 82.3 cm³/mol. The van der Waals surface area contributed by atoms with Crippen LogP contribution in [0.15, 0.2) is 48.7 Å². The maximum atomic E-state index is 12.1. The van der Waals surface area contributed by atoms with Gasteiger partial charge in [-0.3, -0.25) is 9.78 Å². The number of carbonyl (C=O) groups is 1. The van der Waals surface area contributed by atoms with Crippen molar-refractivity contribution in [1.29, 1.82) is 0 Å². The normalized spacial score (nSPS) is 11.8. The van der Waals surface area contributed by atoms with E-state index in [1.807, 2.05) is 0 Å². The smallest absolute Gasteiger partial charge is 0.404 e. The minimum atomic E-state index is -4.94. The van der Waals surface area contributed by atoms with E-state index in [9.17, 15) is 26.4 Å². The minimum Gasteiger partial charge on any atom is -0.487 e. The van der Waals surface area contributed by atoms with Gasteiger partial charge < -0.3 is 4.74 Å². The van der Waals surface area contributed by atoms with Gasteiger partial charge in [-0.15, -0.1) is 0 Å². The summed E-state index contributed by atoms with van der Waals surface area (Å²) in [7, 11) is -4.81. The number of carbonyl (C=O) groups excluding carboxylic acids is 1. The van der Waals surface area contributed by atoms with E-state index in [0.29, 0.717) is 11.4 Å². The molecule has 1 aromatic heterocycles. The Hall–Kier alpha value is -2.62. The number of ether oxygens (including phenoxy) is 1. The van der Waals surface area contributed by atoms with Crippen LogP contribution in [0.25, 0.3) is 0 Å². The molecular weight excluding hydrogens is 361 g/mol. The molecule has 0 fully saturated rings. The third kappa shape index (κ3) is 6.42. The number of sulfonamides is 1. The number of nitrogens with zero attached hydrogens (tertiary/aromatic N) is 1. The molecule has 0 aliphatic heterocycles. The van der Waals surface area contributed by atoms with Crippen LogP contribution in [0, 0.1) is 0 Å². The summed E-state index contributed by atoms with van der Waals surface area (Å²) in [5, 5.41) is 0. The predicted octanol–water partition coefficient (Wildman–Crippen LogP) is 2.28. The molecule has 0 saturated heterocycles. The highest BCUT2D eigenvalue weighted by atomic mass is 32.2. The third-order valence-electron chi connectivity index (χ3n) is 2.83. The number of rotatable bonds is 6. The highest BCUT2D eigenvalue weighted by molar-refractivity contribution is 7.90. The molecule has 0 radical (unpaired) electrons. The standard InChI is InChI=1S/C15H13F3N2O4S/c16-15(17,18)10-25(22,23)20-14(21)11-4-6-13(7-5-11)24-9-12-3-1-2-8-19-12/h1-8H,9-10H2,(H,20,21). The lowest BCUT2D eigenvalue weighted by molar-refractivity contribution is -0.106. The molecule has 0 spiro atoms. The summed E-state index contributed by atoms with van der Waals surface area (Å²) in [6.07, 6.45) is -3.33. The van der Waals surface area contributed by atoms with Gasteiger partial charge in [0.25, 0.3) is 5.91 Å². The summed E-state index contributed by atoms with van der Waals surface area (Å²) in [4.78, 5) is 15.8. The zero-order chi connectivity index (χ0) is 18.5. The second-order valence-electron chi connectivity index (χ2n) is 4.94. The molecule has 6 nitrogen and oxygen atoms in total. The summed E-state index contributed by atoms with van der Waals surface area (Å²) in [5.74, 6) is -2.89. The lowest BCUT2D eigenvalue weighted by Crippen LogP contribution is -2.37. The van der Waals surface area contributed by atoms with E-state index in [-0.39, 0.29) is 12.2 Å². The number of halogens is 3. The number of benzene rings is 1. The van der Waals surface area contributed by atoms with Crippen molar-refractivity contribution in [3.8, 4) is 5.75 Å². The van der Waals surface area contributed by atoms with Crippen LogP contribution in [-0.4, -0.2) is 31.2 Å². The Kier molecular flexibility index (Phi) is 5.62. The largest absolute Gasteiger partial charge is 0.487 e. The summed E-state index contributed by atoms with van der Waals surface area (Å²) in [6, 6.07) is 10.6. The van der Waals surface area contributed by atoms with Crippen LogP contribution >= 0.6 is 0 Å². The lowest BCUT2D eigenvalue weighted by Gasteiger charge is -2.10. The van der Waals surface area contributed by atoms with E-state index in [4.69, 9.17) is 4.74 Å². The molecule has 0 bridgehead atoms. The molecule has 2 rings (SSSR count). The van der Waals surface area contributed by atoms with Crippen LogP contribution in [0.3, 0.4) is 0 Å². The van der Waals surface area contributed by atoms with Gasteiger partial charge in [0.2, 0.25) is 10.0 Å². The molecule has 2 aromatic rings. The summed E-state index contributed by atoms with van der Waals surface area (Å²) in [6.45, 7) is 0.187. The zero-order valence-corrected chi connectivity index (χ0v) is 13.5. The van der Waals surface area contributed by atoms with Crippen LogP contribution in [0.1, 0.15) is 16.1 Å². The summed E-state index contributed by atoms with van der Waals surface area (Å²) < 4.78 is 65.7. The van der Waals surface area contributed by atoms with Gasteiger partial charge in [-0.25, -0.2) is 13.1 Å². The topological polar surface area (TPSA) is 85.4 Å². The second-order valence-corrected chi connectivity index (χ2v) is 6.66. The van der Waals surface area contributed by atoms with Gasteiger partial charge in [0.1, 0.15) is 12.4 Å². The first-order chi connectivity index (χ1) is 11.6. The van der Waals surface area contributed by atoms with E-state index in [0.717, 1.165) is 0 Å². The summed E-state index contributed by atoms with van der Waals surface area (Å²) >= 11 is 0. The Labute approximate surface area is 141 Å². The van der Waals surface area contributed by atoms with Gasteiger partial charge >= 0.3 is 6.18 Å².